The third-order valence-electron chi connectivity index (χ3n) is 1.92. The predicted octanol–water partition coefficient (Wildman–Crippen LogP) is 0.437. The zero-order chi connectivity index (χ0) is 9.68. The third kappa shape index (κ3) is 3.32. The van der Waals surface area contributed by atoms with Crippen molar-refractivity contribution in [3.8, 4) is 0 Å². The minimum absolute atomic E-state index is 0.279. The van der Waals surface area contributed by atoms with Crippen molar-refractivity contribution in [1.29, 1.82) is 0 Å². The van der Waals surface area contributed by atoms with Crippen molar-refractivity contribution in [3.05, 3.63) is 0 Å². The van der Waals surface area contributed by atoms with E-state index in [1.165, 1.54) is 0 Å². The molecular formula is C8H12ClNO3. The molecule has 1 rings (SSSR count). The van der Waals surface area contributed by atoms with Crippen LogP contribution in [0.25, 0.3) is 0 Å². The Balaban J connectivity index is 2.33. The highest BCUT2D eigenvalue weighted by Crippen LogP contribution is 2.08. The van der Waals surface area contributed by atoms with Crippen LogP contribution in [0.15, 0.2) is 0 Å². The fraction of sp³-hybridized carbons (Fsp3) is 0.750. The van der Waals surface area contributed by atoms with E-state index in [0.717, 1.165) is 25.8 Å². The molecule has 1 heterocycles. The van der Waals surface area contributed by atoms with Crippen LogP contribution in [0.2, 0.25) is 0 Å². The van der Waals surface area contributed by atoms with Gasteiger partial charge in [-0.2, -0.15) is 0 Å². The molecule has 1 saturated heterocycles. The molecule has 0 aromatic heterocycles. The van der Waals surface area contributed by atoms with Gasteiger partial charge in [0, 0.05) is 0 Å². The van der Waals surface area contributed by atoms with Gasteiger partial charge in [0.15, 0.2) is 0 Å². The minimum atomic E-state index is -0.681. The topological polar surface area (TPSA) is 55.4 Å². The van der Waals surface area contributed by atoms with Gasteiger partial charge in [0.05, 0.1) is 0 Å². The molecule has 0 amide bonds. The van der Waals surface area contributed by atoms with E-state index in [1.54, 1.807) is 0 Å². The van der Waals surface area contributed by atoms with E-state index in [1.807, 2.05) is 0 Å². The van der Waals surface area contributed by atoms with E-state index in [0.29, 0.717) is 0 Å². The first-order valence-electron chi connectivity index (χ1n) is 4.28. The average molecular weight is 206 g/mol. The summed E-state index contributed by atoms with van der Waals surface area (Å²) in [6.07, 6.45) is 2.78. The molecule has 13 heavy (non-hydrogen) atoms. The van der Waals surface area contributed by atoms with Gasteiger partial charge >= 0.3 is 11.9 Å². The molecule has 0 aliphatic carbocycles. The van der Waals surface area contributed by atoms with Crippen LogP contribution < -0.4 is 5.32 Å². The summed E-state index contributed by atoms with van der Waals surface area (Å²) < 4.78 is 4.47. The number of piperidine rings is 1. The molecule has 1 aliphatic rings. The summed E-state index contributed by atoms with van der Waals surface area (Å²) >= 11 is 5.19. The second-order valence-corrected chi connectivity index (χ2v) is 3.20. The number of nitrogens with one attached hydrogen (secondary N) is 1. The molecule has 1 fully saturated rings. The number of rotatable bonds is 2. The zero-order valence-corrected chi connectivity index (χ0v) is 7.97. The quantitative estimate of drug-likeness (QED) is 0.404. The Bertz CT molecular complexity index is 202. The lowest BCUT2D eigenvalue weighted by Gasteiger charge is -2.20. The Kier molecular flexibility index (Phi) is 4.18. The highest BCUT2D eigenvalue weighted by Gasteiger charge is 2.23. The summed E-state index contributed by atoms with van der Waals surface area (Å²) in [6, 6.07) is -0.332. The first kappa shape index (κ1) is 10.5. The average Bonchev–Trinajstić information content (AvgIpc) is 2.19. The number of halogens is 1. The summed E-state index contributed by atoms with van der Waals surface area (Å²) in [6.45, 7) is 0.800. The Labute approximate surface area is 81.6 Å². The zero-order valence-electron chi connectivity index (χ0n) is 7.22. The van der Waals surface area contributed by atoms with Gasteiger partial charge in [-0.1, -0.05) is 6.42 Å². The summed E-state index contributed by atoms with van der Waals surface area (Å²) in [5.41, 5.74) is 0. The number of esters is 2. The van der Waals surface area contributed by atoms with E-state index in [-0.39, 0.29) is 11.9 Å². The Hall–Kier alpha value is -0.610. The van der Waals surface area contributed by atoms with E-state index in [2.05, 4.69) is 10.1 Å². The molecule has 0 aromatic carbocycles. The normalized spacial score (nSPS) is 22.4. The Morgan fingerprint density at radius 2 is 2.23 bits per heavy atom. The van der Waals surface area contributed by atoms with Gasteiger partial charge in [-0.05, 0) is 19.4 Å². The van der Waals surface area contributed by atoms with Crippen LogP contribution in [0.5, 0.6) is 0 Å². The van der Waals surface area contributed by atoms with Crippen LogP contribution >= 0.6 is 11.6 Å². The standard InChI is InChI=1S/C8H12ClNO3/c9-5-7(11)13-8(12)6-3-1-2-4-10-6/h6,10H,1-5H2. The van der Waals surface area contributed by atoms with Gasteiger partial charge in [0.25, 0.3) is 0 Å². The van der Waals surface area contributed by atoms with Crippen LogP contribution in [-0.4, -0.2) is 30.4 Å². The third-order valence-corrected chi connectivity index (χ3v) is 2.14. The Morgan fingerprint density at radius 3 is 2.77 bits per heavy atom. The molecule has 74 valence electrons. The van der Waals surface area contributed by atoms with Crippen molar-refractivity contribution >= 4 is 23.5 Å². The maximum atomic E-state index is 11.2. The van der Waals surface area contributed by atoms with Gasteiger partial charge < -0.3 is 10.1 Å². The van der Waals surface area contributed by atoms with Crippen molar-refractivity contribution < 1.29 is 14.3 Å². The van der Waals surface area contributed by atoms with Crippen LogP contribution in [0.3, 0.4) is 0 Å². The summed E-state index contributed by atoms with van der Waals surface area (Å²) in [5.74, 6) is -1.47. The molecule has 1 unspecified atom stereocenters. The van der Waals surface area contributed by atoms with Gasteiger partial charge in [-0.25, -0.2) is 4.79 Å². The van der Waals surface area contributed by atoms with Crippen molar-refractivity contribution in [3.63, 3.8) is 0 Å². The van der Waals surface area contributed by atoms with Crippen molar-refractivity contribution in [2.45, 2.75) is 25.3 Å². The summed E-state index contributed by atoms with van der Waals surface area (Å²) in [5, 5.41) is 2.98. The summed E-state index contributed by atoms with van der Waals surface area (Å²) in [7, 11) is 0. The van der Waals surface area contributed by atoms with Crippen molar-refractivity contribution in [1.82, 2.24) is 5.32 Å². The first-order valence-corrected chi connectivity index (χ1v) is 4.81. The lowest BCUT2D eigenvalue weighted by Crippen LogP contribution is -2.42. The summed E-state index contributed by atoms with van der Waals surface area (Å²) in [4.78, 5) is 21.9. The van der Waals surface area contributed by atoms with Crippen LogP contribution in [0.4, 0.5) is 0 Å². The number of carbonyl (C=O) groups is 2. The maximum Gasteiger partial charge on any atom is 0.330 e. The molecule has 5 heteroatoms. The molecule has 0 radical (unpaired) electrons. The largest absolute Gasteiger partial charge is 0.391 e. The van der Waals surface area contributed by atoms with Crippen LogP contribution in [-0.2, 0) is 14.3 Å². The van der Waals surface area contributed by atoms with Gasteiger partial charge in [-0.15, -0.1) is 11.6 Å². The highest BCUT2D eigenvalue weighted by atomic mass is 35.5. The van der Waals surface area contributed by atoms with Gasteiger partial charge in [0.2, 0.25) is 0 Å². The molecule has 4 nitrogen and oxygen atoms in total. The smallest absolute Gasteiger partial charge is 0.330 e. The van der Waals surface area contributed by atoms with Crippen LogP contribution in [0, 0.1) is 0 Å². The SMILES string of the molecule is O=C(CCl)OC(=O)C1CCCCN1. The molecule has 1 aliphatic heterocycles. The lowest BCUT2D eigenvalue weighted by atomic mass is 10.1. The Morgan fingerprint density at radius 1 is 1.46 bits per heavy atom. The monoisotopic (exact) mass is 205 g/mol. The van der Waals surface area contributed by atoms with Gasteiger partial charge in [-0.3, -0.25) is 4.79 Å². The molecule has 0 saturated carbocycles. The molecular weight excluding hydrogens is 194 g/mol. The number of ether oxygens (including phenoxy) is 1. The number of carbonyl (C=O) groups excluding carboxylic acids is 2. The van der Waals surface area contributed by atoms with Gasteiger partial charge in [0.1, 0.15) is 11.9 Å². The fourth-order valence-electron chi connectivity index (χ4n) is 1.26. The molecule has 1 atom stereocenters. The highest BCUT2D eigenvalue weighted by molar-refractivity contribution is 6.27. The molecule has 0 aromatic rings. The van der Waals surface area contributed by atoms with E-state index in [9.17, 15) is 9.59 Å². The lowest BCUT2D eigenvalue weighted by molar-refractivity contribution is -0.159. The van der Waals surface area contributed by atoms with E-state index >= 15 is 0 Å². The second-order valence-electron chi connectivity index (χ2n) is 2.93. The number of alkyl halides is 1. The first-order chi connectivity index (χ1) is 6.24. The van der Waals surface area contributed by atoms with Crippen LogP contribution in [0.1, 0.15) is 19.3 Å². The van der Waals surface area contributed by atoms with Crippen molar-refractivity contribution in [2.75, 3.05) is 12.4 Å². The molecule has 1 N–H and O–H groups in total. The van der Waals surface area contributed by atoms with E-state index in [4.69, 9.17) is 11.6 Å². The number of hydrogen-bond donors (Lipinski definition) is 1. The fourth-order valence-corrected chi connectivity index (χ4v) is 1.32. The molecule has 0 bridgehead atoms. The van der Waals surface area contributed by atoms with Crippen molar-refractivity contribution in [2.24, 2.45) is 0 Å². The second kappa shape index (κ2) is 5.19. The number of hydrogen-bond acceptors (Lipinski definition) is 4. The van der Waals surface area contributed by atoms with E-state index < -0.39 is 11.9 Å². The maximum absolute atomic E-state index is 11.2. The predicted molar refractivity (Wildman–Crippen MR) is 47.5 cm³/mol. The molecule has 0 spiro atoms. The minimum Gasteiger partial charge on any atom is -0.391 e.